The molecule has 0 bridgehead atoms. The molecule has 0 spiro atoms. The van der Waals surface area contributed by atoms with Gasteiger partial charge in [0.05, 0.1) is 5.69 Å². The third-order valence-corrected chi connectivity index (χ3v) is 4.62. The zero-order chi connectivity index (χ0) is 15.1. The van der Waals surface area contributed by atoms with E-state index in [1.54, 1.807) is 0 Å². The van der Waals surface area contributed by atoms with Gasteiger partial charge in [-0.2, -0.15) is 5.10 Å². The molecule has 1 saturated heterocycles. The maximum Gasteiger partial charge on any atom is 0.151 e. The summed E-state index contributed by atoms with van der Waals surface area (Å²) in [4.78, 5) is 4.55. The van der Waals surface area contributed by atoms with Crippen LogP contribution in [0.1, 0.15) is 35.8 Å². The maximum absolute atomic E-state index is 4.75. The van der Waals surface area contributed by atoms with Crippen LogP contribution in [0.3, 0.4) is 0 Å². The molecule has 3 heterocycles. The molecule has 0 N–H and O–H groups in total. The van der Waals surface area contributed by atoms with Gasteiger partial charge in [0.25, 0.3) is 0 Å². The molecule has 1 saturated carbocycles. The molecule has 2 aromatic heterocycles. The first-order valence-electron chi connectivity index (χ1n) is 7.77. The smallest absolute Gasteiger partial charge is 0.151 e. The summed E-state index contributed by atoms with van der Waals surface area (Å²) in [5, 5.41) is 16.5. The van der Waals surface area contributed by atoms with Crippen LogP contribution in [0.4, 0.5) is 5.82 Å². The van der Waals surface area contributed by atoms with Crippen molar-refractivity contribution in [2.24, 2.45) is 0 Å². The number of aryl methyl sites for hydroxylation is 1. The van der Waals surface area contributed by atoms with Gasteiger partial charge in [-0.25, -0.2) is 4.63 Å². The lowest BCUT2D eigenvalue weighted by molar-refractivity contribution is 0.190. The number of likely N-dealkylation sites (N-methyl/N-ethyl adjacent to an activating group) is 1. The summed E-state index contributed by atoms with van der Waals surface area (Å²) in [6.07, 6.45) is 2.53. The molecular weight excluding hydrogens is 280 g/mol. The maximum atomic E-state index is 4.75. The molecule has 0 unspecified atom stereocenters. The fourth-order valence-electron chi connectivity index (χ4n) is 2.78. The monoisotopic (exact) mass is 300 g/mol. The number of rotatable bonds is 5. The molecular formula is C15H20N6O. The van der Waals surface area contributed by atoms with Crippen molar-refractivity contribution in [1.29, 1.82) is 0 Å². The van der Waals surface area contributed by atoms with Crippen molar-refractivity contribution in [3.05, 3.63) is 29.2 Å². The van der Waals surface area contributed by atoms with Gasteiger partial charge in [-0.05, 0) is 38.9 Å². The van der Waals surface area contributed by atoms with E-state index < -0.39 is 0 Å². The van der Waals surface area contributed by atoms with E-state index in [1.807, 2.05) is 6.92 Å². The summed E-state index contributed by atoms with van der Waals surface area (Å²) in [7, 11) is 2.11. The third kappa shape index (κ3) is 2.56. The lowest BCUT2D eigenvalue weighted by Gasteiger charge is -2.44. The highest BCUT2D eigenvalue weighted by atomic mass is 16.6. The van der Waals surface area contributed by atoms with Crippen LogP contribution >= 0.6 is 0 Å². The van der Waals surface area contributed by atoms with Crippen LogP contribution in [0.25, 0.3) is 0 Å². The van der Waals surface area contributed by atoms with Gasteiger partial charge in [-0.1, -0.05) is 10.3 Å². The number of nitrogens with zero attached hydrogens (tertiary/aromatic N) is 6. The Morgan fingerprint density at radius 1 is 1.23 bits per heavy atom. The summed E-state index contributed by atoms with van der Waals surface area (Å²) >= 11 is 0. The Morgan fingerprint density at radius 3 is 2.64 bits per heavy atom. The second-order valence-corrected chi connectivity index (χ2v) is 6.36. The molecule has 0 amide bonds. The first-order valence-corrected chi connectivity index (χ1v) is 7.77. The van der Waals surface area contributed by atoms with E-state index in [0.717, 1.165) is 42.5 Å². The van der Waals surface area contributed by atoms with Crippen molar-refractivity contribution in [3.63, 3.8) is 0 Å². The van der Waals surface area contributed by atoms with Crippen molar-refractivity contribution in [3.8, 4) is 0 Å². The summed E-state index contributed by atoms with van der Waals surface area (Å²) in [6.45, 7) is 4.63. The second-order valence-electron chi connectivity index (χ2n) is 6.36. The zero-order valence-electron chi connectivity index (χ0n) is 12.9. The van der Waals surface area contributed by atoms with Gasteiger partial charge in [0.2, 0.25) is 0 Å². The largest absolute Gasteiger partial charge is 0.352 e. The van der Waals surface area contributed by atoms with Crippen LogP contribution in [0.2, 0.25) is 0 Å². The van der Waals surface area contributed by atoms with Crippen molar-refractivity contribution in [2.45, 2.75) is 38.3 Å². The van der Waals surface area contributed by atoms with Gasteiger partial charge in [-0.15, -0.1) is 5.10 Å². The molecule has 0 atom stereocenters. The van der Waals surface area contributed by atoms with Crippen molar-refractivity contribution in [2.75, 3.05) is 25.0 Å². The summed E-state index contributed by atoms with van der Waals surface area (Å²) in [5.41, 5.74) is 2.92. The Morgan fingerprint density at radius 2 is 2.05 bits per heavy atom. The Hall–Kier alpha value is -2.02. The van der Waals surface area contributed by atoms with Crippen LogP contribution in [0.5, 0.6) is 0 Å². The highest BCUT2D eigenvalue weighted by Gasteiger charge is 2.32. The Bertz CT molecular complexity index is 644. The van der Waals surface area contributed by atoms with Crippen LogP contribution in [-0.4, -0.2) is 51.6 Å². The Kier molecular flexibility index (Phi) is 3.29. The van der Waals surface area contributed by atoms with E-state index in [-0.39, 0.29) is 0 Å². The van der Waals surface area contributed by atoms with Crippen LogP contribution < -0.4 is 4.90 Å². The highest BCUT2D eigenvalue weighted by Crippen LogP contribution is 2.38. The number of hydrogen-bond acceptors (Lipinski definition) is 7. The molecule has 2 fully saturated rings. The SMILES string of the molecule is Cc1nonc1CN(C)C1CN(c2ccc(C3CC3)nn2)C1. The van der Waals surface area contributed by atoms with Gasteiger partial charge >= 0.3 is 0 Å². The van der Waals surface area contributed by atoms with Crippen LogP contribution in [0, 0.1) is 6.92 Å². The van der Waals surface area contributed by atoms with Gasteiger partial charge in [0, 0.05) is 31.6 Å². The van der Waals surface area contributed by atoms with E-state index >= 15 is 0 Å². The van der Waals surface area contributed by atoms with E-state index in [1.165, 1.54) is 12.8 Å². The van der Waals surface area contributed by atoms with Crippen LogP contribution in [-0.2, 0) is 6.54 Å². The van der Waals surface area contributed by atoms with Gasteiger partial charge in [0.15, 0.2) is 5.82 Å². The van der Waals surface area contributed by atoms with E-state index in [0.29, 0.717) is 12.0 Å². The minimum atomic E-state index is 0.501. The minimum Gasteiger partial charge on any atom is -0.352 e. The zero-order valence-corrected chi connectivity index (χ0v) is 12.9. The fraction of sp³-hybridized carbons (Fsp3) is 0.600. The summed E-state index contributed by atoms with van der Waals surface area (Å²) in [5.74, 6) is 1.64. The first kappa shape index (κ1) is 13.6. The normalized spacial score (nSPS) is 18.8. The van der Waals surface area contributed by atoms with Gasteiger partial charge in [0.1, 0.15) is 11.4 Å². The van der Waals surface area contributed by atoms with Crippen molar-refractivity contribution >= 4 is 5.82 Å². The topological polar surface area (TPSA) is 71.2 Å². The summed E-state index contributed by atoms with van der Waals surface area (Å²) < 4.78 is 4.75. The molecule has 1 aliphatic carbocycles. The van der Waals surface area contributed by atoms with Gasteiger partial charge in [-0.3, -0.25) is 4.90 Å². The molecule has 116 valence electrons. The number of anilines is 1. The fourth-order valence-corrected chi connectivity index (χ4v) is 2.78. The lowest BCUT2D eigenvalue weighted by atomic mass is 10.1. The molecule has 1 aliphatic heterocycles. The molecule has 4 rings (SSSR count). The second kappa shape index (κ2) is 5.31. The quantitative estimate of drug-likeness (QED) is 0.825. The molecule has 22 heavy (non-hydrogen) atoms. The molecule has 2 aromatic rings. The van der Waals surface area contributed by atoms with Gasteiger partial charge < -0.3 is 4.90 Å². The van der Waals surface area contributed by atoms with Crippen LogP contribution in [0.15, 0.2) is 16.8 Å². The predicted octanol–water partition coefficient (Wildman–Crippen LogP) is 1.37. The van der Waals surface area contributed by atoms with E-state index in [4.69, 9.17) is 4.63 Å². The highest BCUT2D eigenvalue weighted by molar-refractivity contribution is 5.42. The van der Waals surface area contributed by atoms with E-state index in [2.05, 4.69) is 49.5 Å². The third-order valence-electron chi connectivity index (χ3n) is 4.62. The van der Waals surface area contributed by atoms with Crippen molar-refractivity contribution < 1.29 is 4.63 Å². The molecule has 0 radical (unpaired) electrons. The molecule has 0 aromatic carbocycles. The number of hydrogen-bond donors (Lipinski definition) is 0. The first-order chi connectivity index (χ1) is 10.7. The average molecular weight is 300 g/mol. The summed E-state index contributed by atoms with van der Waals surface area (Å²) in [6, 6.07) is 4.73. The molecule has 7 nitrogen and oxygen atoms in total. The molecule has 2 aliphatic rings. The van der Waals surface area contributed by atoms with Crippen molar-refractivity contribution in [1.82, 2.24) is 25.4 Å². The lowest BCUT2D eigenvalue weighted by Crippen LogP contribution is -2.58. The minimum absolute atomic E-state index is 0.501. The Labute approximate surface area is 129 Å². The number of aromatic nitrogens is 4. The average Bonchev–Trinajstić information content (AvgIpc) is 3.24. The molecule has 7 heteroatoms. The Balaban J connectivity index is 1.32. The predicted molar refractivity (Wildman–Crippen MR) is 80.5 cm³/mol. The van der Waals surface area contributed by atoms with E-state index in [9.17, 15) is 0 Å². The standard InChI is InChI=1S/C15H20N6O/c1-10-14(19-22-18-10)9-20(2)12-7-21(8-12)15-6-5-13(16-17-15)11-3-4-11/h5-6,11-12H,3-4,7-9H2,1-2H3.